The fourth-order valence-corrected chi connectivity index (χ4v) is 14.6. The molecule has 5 heterocycles. The number of benzene rings is 4. The first-order chi connectivity index (χ1) is 57.7. The topological polar surface area (TPSA) is 572 Å². The normalized spacial score (nSPS) is 20.8. The van der Waals surface area contributed by atoms with Crippen molar-refractivity contribution in [2.75, 3.05) is 86.7 Å². The number of halogens is 3. The summed E-state index contributed by atoms with van der Waals surface area (Å²) in [6.07, 6.45) is 14.4. The van der Waals surface area contributed by atoms with Crippen molar-refractivity contribution in [3.8, 4) is 5.75 Å². The van der Waals surface area contributed by atoms with Gasteiger partial charge in [0.1, 0.15) is 30.5 Å². The molecule has 1 amide bonds. The average Bonchev–Trinajstić information content (AvgIpc) is 0.843. The first kappa shape index (κ1) is 90.2. The van der Waals surface area contributed by atoms with E-state index in [1.807, 2.05) is 42.5 Å². The van der Waals surface area contributed by atoms with Gasteiger partial charge in [-0.1, -0.05) is 78.9 Å². The number of aliphatic hydroxyl groups is 2. The number of carbonyl (C=O) groups is 1. The van der Waals surface area contributed by atoms with Gasteiger partial charge in [0.2, 0.25) is 53.0 Å². The van der Waals surface area contributed by atoms with Gasteiger partial charge in [-0.2, -0.15) is 19.9 Å². The van der Waals surface area contributed by atoms with Crippen LogP contribution in [0.5, 0.6) is 5.75 Å². The Morgan fingerprint density at radius 1 is 0.450 bits per heavy atom. The van der Waals surface area contributed by atoms with E-state index in [1.165, 1.54) is 67.3 Å². The van der Waals surface area contributed by atoms with Crippen LogP contribution in [0.3, 0.4) is 0 Å². The number of nitro groups is 4. The van der Waals surface area contributed by atoms with Crippen LogP contribution >= 0.6 is 0 Å². The van der Waals surface area contributed by atoms with Gasteiger partial charge in [0.25, 0.3) is 0 Å². The van der Waals surface area contributed by atoms with Gasteiger partial charge in [0.05, 0.1) is 31.9 Å². The molecule has 38 nitrogen and oxygen atoms in total. The molecule has 0 radical (unpaired) electrons. The Hall–Kier alpha value is -12.2. The Morgan fingerprint density at radius 3 is 1.23 bits per heavy atom. The fourth-order valence-electron chi connectivity index (χ4n) is 14.6. The molecule has 120 heavy (non-hydrogen) atoms. The smallest absolute Gasteiger partial charge is 0.405 e. The van der Waals surface area contributed by atoms with Crippen LogP contribution in [0, 0.1) is 64.1 Å². The predicted octanol–water partition coefficient (Wildman–Crippen LogP) is 10.6. The minimum absolute atomic E-state index is 0.00869. The zero-order chi connectivity index (χ0) is 85.7. The number of carbonyl (C=O) groups excluding carboxylic acids is 1. The largest absolute Gasteiger partial charge is 0.573 e. The molecule has 0 bridgehead atoms. The maximum Gasteiger partial charge on any atom is 0.573 e. The average molecular weight is 1670 g/mol. The van der Waals surface area contributed by atoms with Gasteiger partial charge in [-0.3, -0.25) is 45.3 Å². The molecule has 4 saturated carbocycles. The van der Waals surface area contributed by atoms with E-state index in [0.717, 1.165) is 101 Å². The van der Waals surface area contributed by atoms with Crippen molar-refractivity contribution < 1.29 is 52.6 Å². The number of aromatic nitrogens is 8. The summed E-state index contributed by atoms with van der Waals surface area (Å²) in [4.78, 5) is 90.2. The number of primary amides is 1. The zero-order valence-corrected chi connectivity index (χ0v) is 66.3. The highest BCUT2D eigenvalue weighted by Gasteiger charge is 2.34. The van der Waals surface area contributed by atoms with Crippen molar-refractivity contribution >= 4 is 81.4 Å². The fraction of sp³-hybridized carbons (Fsp3) is 0.481. The van der Waals surface area contributed by atoms with Crippen molar-refractivity contribution in [3.05, 3.63) is 196 Å². The maximum absolute atomic E-state index is 12.6. The van der Waals surface area contributed by atoms with Gasteiger partial charge in [-0.25, -0.2) is 19.9 Å². The Kier molecular flexibility index (Phi) is 33.5. The van der Waals surface area contributed by atoms with E-state index in [2.05, 4.69) is 110 Å². The van der Waals surface area contributed by atoms with Crippen molar-refractivity contribution in [2.45, 2.75) is 178 Å². The summed E-state index contributed by atoms with van der Waals surface area (Å²) in [5, 5.41) is 89.6. The molecule has 6 atom stereocenters. The van der Waals surface area contributed by atoms with Crippen LogP contribution in [-0.4, -0.2) is 158 Å². The Morgan fingerprint density at radius 2 is 0.817 bits per heavy atom. The highest BCUT2D eigenvalue weighted by molar-refractivity contribution is 5.92. The first-order valence-electron chi connectivity index (χ1n) is 40.1. The van der Waals surface area contributed by atoms with Crippen LogP contribution in [0.4, 0.5) is 88.7 Å². The number of nitrogens with one attached hydrogen (secondary N) is 8. The van der Waals surface area contributed by atoms with E-state index in [-0.39, 0.29) is 112 Å². The van der Waals surface area contributed by atoms with Gasteiger partial charge < -0.3 is 91.1 Å². The summed E-state index contributed by atoms with van der Waals surface area (Å²) in [6, 6.07) is 30.6. The number of nitrogens with zero attached hydrogens (tertiary/aromatic N) is 13. The summed E-state index contributed by atoms with van der Waals surface area (Å²) < 4.78 is 41.7. The molecular formula is C79H105F3N26O12. The zero-order valence-electron chi connectivity index (χ0n) is 66.3. The number of hydrogen-bond donors (Lipinski definition) is 15. The quantitative estimate of drug-likeness (QED) is 0.0142. The molecule has 0 unspecified atom stereocenters. The van der Waals surface area contributed by atoms with Gasteiger partial charge in [0, 0.05) is 106 Å². The number of para-hydroxylation sites is 2. The number of nitrogens with two attached hydrogens (primary N) is 5. The molecule has 41 heteroatoms. The highest BCUT2D eigenvalue weighted by atomic mass is 19.4. The highest BCUT2D eigenvalue weighted by Crippen LogP contribution is 2.34. The van der Waals surface area contributed by atoms with Crippen molar-refractivity contribution in [1.82, 2.24) is 39.9 Å². The maximum atomic E-state index is 12.6. The number of rotatable bonds is 31. The molecule has 8 aromatic rings. The molecule has 4 aromatic carbocycles. The second kappa shape index (κ2) is 44.6. The van der Waals surface area contributed by atoms with Gasteiger partial charge in [0.15, 0.2) is 0 Å². The SMILES string of the molecule is NC(=O)c1cccc(CNc2ncc([N+](=O)[O-])c(NCC3CCC(N)CC3)n2)c1.NC1CCC(CNc2nc(NCc3ccccc3N3CCCCC3)ncc2[N+](=O)[O-])CC1.N[C@H]1CC[C@H](CNc2nc(NCc3ccccc3)ncc2[N+](=O)[O-])C[C@H]1O.N[C@H]1CC[C@H](CNc2nc(NCc3ccccc3OC(F)(F)F)ncc2[N+](=O)[O-])C[C@H]1O. The Bertz CT molecular complexity index is 4670. The second-order valence-corrected chi connectivity index (χ2v) is 30.4. The van der Waals surface area contributed by atoms with Crippen LogP contribution in [0.2, 0.25) is 0 Å². The molecule has 644 valence electrons. The number of hydrogen-bond acceptors (Lipinski definition) is 33. The summed E-state index contributed by atoms with van der Waals surface area (Å²) in [7, 11) is 0. The summed E-state index contributed by atoms with van der Waals surface area (Å²) in [5.41, 5.74) is 32.9. The van der Waals surface area contributed by atoms with Crippen LogP contribution in [0.25, 0.3) is 0 Å². The third kappa shape index (κ3) is 28.3. The lowest BCUT2D eigenvalue weighted by molar-refractivity contribution is -0.384. The molecule has 4 aromatic heterocycles. The summed E-state index contributed by atoms with van der Waals surface area (Å²) in [5.74, 6) is 1.79. The molecule has 1 aliphatic heterocycles. The van der Waals surface area contributed by atoms with Crippen LogP contribution in [0.1, 0.15) is 142 Å². The lowest BCUT2D eigenvalue weighted by Crippen LogP contribution is -2.41. The van der Waals surface area contributed by atoms with Crippen LogP contribution in [0.15, 0.2) is 128 Å². The number of amides is 1. The van der Waals surface area contributed by atoms with Crippen LogP contribution < -0.4 is 80.8 Å². The third-order valence-electron chi connectivity index (χ3n) is 21.6. The number of aliphatic hydroxyl groups excluding tert-OH is 2. The lowest BCUT2D eigenvalue weighted by Gasteiger charge is -2.30. The molecular weight excluding hydrogens is 1560 g/mol. The van der Waals surface area contributed by atoms with E-state index in [4.69, 9.17) is 28.7 Å². The Labute approximate surface area is 690 Å². The monoisotopic (exact) mass is 1670 g/mol. The van der Waals surface area contributed by atoms with E-state index in [9.17, 15) is 68.6 Å². The molecule has 0 spiro atoms. The van der Waals surface area contributed by atoms with Gasteiger partial charge in [-0.05, 0) is 174 Å². The summed E-state index contributed by atoms with van der Waals surface area (Å²) >= 11 is 0. The molecule has 5 aliphatic rings. The third-order valence-corrected chi connectivity index (χ3v) is 21.6. The molecule has 4 aliphatic carbocycles. The van der Waals surface area contributed by atoms with Crippen molar-refractivity contribution in [3.63, 3.8) is 0 Å². The first-order valence-corrected chi connectivity index (χ1v) is 40.1. The summed E-state index contributed by atoms with van der Waals surface area (Å²) in [6.45, 7) is 5.55. The minimum Gasteiger partial charge on any atom is -0.405 e. The molecule has 5 fully saturated rings. The van der Waals surface area contributed by atoms with E-state index >= 15 is 0 Å². The number of anilines is 9. The number of ether oxygens (including phenoxy) is 1. The minimum atomic E-state index is -4.84. The van der Waals surface area contributed by atoms with Gasteiger partial charge in [-0.15, -0.1) is 13.2 Å². The number of piperidine rings is 1. The molecule has 20 N–H and O–H groups in total. The van der Waals surface area contributed by atoms with E-state index in [1.54, 1.807) is 24.3 Å². The van der Waals surface area contributed by atoms with E-state index in [0.29, 0.717) is 94.4 Å². The van der Waals surface area contributed by atoms with Crippen molar-refractivity contribution in [2.24, 2.45) is 52.3 Å². The molecule has 13 rings (SSSR count). The second-order valence-electron chi connectivity index (χ2n) is 30.4. The lowest BCUT2D eigenvalue weighted by atomic mass is 9.84. The van der Waals surface area contributed by atoms with Crippen molar-refractivity contribution in [1.29, 1.82) is 0 Å². The standard InChI is InChI=1S/C23H33N7O2.C19H23F3N6O4.C19H25N7O3.C18H24N6O3/c24-19-10-8-17(9-11-19)14-25-22-21(30(31)32)16-27-23(28-22)26-15-18-6-2-3-7-20(18)29-12-4-1-5-13-29;20-19(21,22)32-16-4-2-1-3-12(16)9-25-18-26-10-14(28(30)31)17(27-18)24-8-11-5-6-13(23)15(29)7-11;20-15-6-4-12(5-7-15)9-22-18-16(26(28)29)11-24-19(25-18)23-10-13-2-1-3-14(8-13)17(21)27;19-14-7-6-13(8-16(14)25)10-20-17-15(24(26)27)11-22-18(23-17)21-9-12-4-2-1-3-5-12/h2-3,6-7,16-17,19H,1,4-5,8-15,24H2,(H2,25,26,27,28);1-4,10-11,13,15,29H,5-9,23H2,(H2,24,25,26,27);1-3,8,11-12,15H,4-7,9-10,20H2,(H2,21,27)(H2,22,23,24,25);1-5,11,13-14,16,25H,6-10,19H2,(H2,20,21,22,23)/t;11-,13-,15+;;13-,14-,16+/m.0.0/s1. The molecule has 1 saturated heterocycles. The van der Waals surface area contributed by atoms with Crippen LogP contribution in [-0.2, 0) is 26.2 Å². The Balaban J connectivity index is 0.000000168. The van der Waals surface area contributed by atoms with E-state index < -0.39 is 44.2 Å². The van der Waals surface area contributed by atoms with Gasteiger partial charge >= 0.3 is 29.1 Å². The predicted molar refractivity (Wildman–Crippen MR) is 448 cm³/mol. The number of alkyl halides is 3.